The molecule has 0 N–H and O–H groups in total. The molecule has 0 radical (unpaired) electrons. The first-order valence-electron chi connectivity index (χ1n) is 17.3. The molecule has 0 spiro atoms. The van der Waals surface area contributed by atoms with Crippen LogP contribution in [0.2, 0.25) is 0 Å². The highest BCUT2D eigenvalue weighted by Gasteiger charge is 2.36. The highest BCUT2D eigenvalue weighted by molar-refractivity contribution is 6.24. The van der Waals surface area contributed by atoms with Crippen LogP contribution in [0, 0.1) is 0 Å². The van der Waals surface area contributed by atoms with E-state index in [2.05, 4.69) is 184 Å². The fraction of sp³-hybridized carbons (Fsp3) is 0.0612. The quantitative estimate of drug-likeness (QED) is 0.172. The van der Waals surface area contributed by atoms with Crippen LogP contribution in [0.1, 0.15) is 25.0 Å². The lowest BCUT2D eigenvalue weighted by Gasteiger charge is -2.22. The second kappa shape index (κ2) is 10.5. The van der Waals surface area contributed by atoms with E-state index in [4.69, 9.17) is 0 Å². The topological polar surface area (TPSA) is 0 Å². The van der Waals surface area contributed by atoms with Gasteiger partial charge in [-0.05, 0) is 111 Å². The van der Waals surface area contributed by atoms with Crippen LogP contribution in [-0.4, -0.2) is 0 Å². The number of hydrogen-bond donors (Lipinski definition) is 0. The van der Waals surface area contributed by atoms with Crippen molar-refractivity contribution in [3.05, 3.63) is 181 Å². The summed E-state index contributed by atoms with van der Waals surface area (Å²) in [4.78, 5) is 0. The molecule has 49 heavy (non-hydrogen) atoms. The summed E-state index contributed by atoms with van der Waals surface area (Å²) in [5.74, 6) is 0. The standard InChI is InChI=1S/C49H34/c1-49(2)44-22-11-10-19-43(44)48-38-21-12-20-37(36(38)27-28-45(48)49)47-41-17-8-6-15-39(41)46(40-16-7-9-18-42(40)47)35-26-25-33-29-32(23-24-34(33)30-35)31-13-4-3-5-14-31/h3-30H,1-2H3. The van der Waals surface area contributed by atoms with Crippen LogP contribution in [-0.2, 0) is 5.41 Å². The largest absolute Gasteiger partial charge is 0.0622 e. The summed E-state index contributed by atoms with van der Waals surface area (Å²) < 4.78 is 0. The SMILES string of the molecule is CC1(C)c2ccccc2-c2c1ccc1c(-c3c4ccccc4c(-c4ccc5cc(-c6ccccc6)ccc5c4)c4ccccc34)cccc21. The van der Waals surface area contributed by atoms with Gasteiger partial charge in [-0.15, -0.1) is 0 Å². The Hall–Kier alpha value is -5.98. The molecule has 230 valence electrons. The monoisotopic (exact) mass is 622 g/mol. The van der Waals surface area contributed by atoms with Gasteiger partial charge in [0.25, 0.3) is 0 Å². The molecule has 0 saturated carbocycles. The van der Waals surface area contributed by atoms with E-state index in [1.165, 1.54) is 98.7 Å². The number of rotatable bonds is 3. The molecule has 0 bridgehead atoms. The van der Waals surface area contributed by atoms with E-state index in [1.54, 1.807) is 0 Å². The lowest BCUT2D eigenvalue weighted by Crippen LogP contribution is -2.14. The average molecular weight is 623 g/mol. The summed E-state index contributed by atoms with van der Waals surface area (Å²) in [6, 6.07) is 63.1. The fourth-order valence-electron chi connectivity index (χ4n) is 8.72. The van der Waals surface area contributed by atoms with Gasteiger partial charge in [-0.1, -0.05) is 172 Å². The predicted molar refractivity (Wildman–Crippen MR) is 210 cm³/mol. The third-order valence-electron chi connectivity index (χ3n) is 11.0. The van der Waals surface area contributed by atoms with E-state index in [0.29, 0.717) is 0 Å². The molecule has 0 saturated heterocycles. The zero-order valence-corrected chi connectivity index (χ0v) is 27.7. The van der Waals surface area contributed by atoms with Gasteiger partial charge in [-0.2, -0.15) is 0 Å². The van der Waals surface area contributed by atoms with Crippen LogP contribution < -0.4 is 0 Å². The lowest BCUT2D eigenvalue weighted by atomic mass is 9.81. The second-order valence-corrected chi connectivity index (χ2v) is 14.0. The average Bonchev–Trinajstić information content (AvgIpc) is 3.40. The molecule has 0 unspecified atom stereocenters. The maximum Gasteiger partial charge on any atom is 0.0159 e. The van der Waals surface area contributed by atoms with Crippen molar-refractivity contribution in [3.63, 3.8) is 0 Å². The van der Waals surface area contributed by atoms with Gasteiger partial charge >= 0.3 is 0 Å². The van der Waals surface area contributed by atoms with Crippen molar-refractivity contribution in [3.8, 4) is 44.5 Å². The van der Waals surface area contributed by atoms with Crippen LogP contribution >= 0.6 is 0 Å². The van der Waals surface area contributed by atoms with Crippen LogP contribution in [0.5, 0.6) is 0 Å². The molecule has 9 aromatic rings. The minimum atomic E-state index is -0.0276. The molecule has 0 aliphatic heterocycles. The first-order valence-corrected chi connectivity index (χ1v) is 17.3. The van der Waals surface area contributed by atoms with E-state index in [-0.39, 0.29) is 5.41 Å². The van der Waals surface area contributed by atoms with E-state index in [9.17, 15) is 0 Å². The Morgan fingerprint density at radius 3 is 1.55 bits per heavy atom. The third kappa shape index (κ3) is 4.11. The Balaban J connectivity index is 1.22. The maximum atomic E-state index is 2.39. The number of hydrogen-bond acceptors (Lipinski definition) is 0. The van der Waals surface area contributed by atoms with E-state index < -0.39 is 0 Å². The third-order valence-corrected chi connectivity index (χ3v) is 11.0. The highest BCUT2D eigenvalue weighted by Crippen LogP contribution is 2.53. The minimum Gasteiger partial charge on any atom is -0.0622 e. The van der Waals surface area contributed by atoms with Gasteiger partial charge in [-0.3, -0.25) is 0 Å². The highest BCUT2D eigenvalue weighted by atomic mass is 14.4. The van der Waals surface area contributed by atoms with Crippen molar-refractivity contribution in [2.75, 3.05) is 0 Å². The smallest absolute Gasteiger partial charge is 0.0159 e. The number of benzene rings is 9. The molecule has 10 rings (SSSR count). The molecule has 0 aromatic heterocycles. The summed E-state index contributed by atoms with van der Waals surface area (Å²) in [5, 5.41) is 10.3. The van der Waals surface area contributed by atoms with E-state index >= 15 is 0 Å². The van der Waals surface area contributed by atoms with Crippen LogP contribution in [0.25, 0.3) is 87.6 Å². The lowest BCUT2D eigenvalue weighted by molar-refractivity contribution is 0.661. The molecule has 0 atom stereocenters. The molecular weight excluding hydrogens is 589 g/mol. The second-order valence-electron chi connectivity index (χ2n) is 14.0. The Bertz CT molecular complexity index is 2720. The summed E-state index contributed by atoms with van der Waals surface area (Å²) in [7, 11) is 0. The summed E-state index contributed by atoms with van der Waals surface area (Å²) >= 11 is 0. The predicted octanol–water partition coefficient (Wildman–Crippen LogP) is 13.6. The molecule has 0 heterocycles. The van der Waals surface area contributed by atoms with Gasteiger partial charge in [0.05, 0.1) is 0 Å². The van der Waals surface area contributed by atoms with Gasteiger partial charge < -0.3 is 0 Å². The molecule has 0 heteroatoms. The Morgan fingerprint density at radius 2 is 0.837 bits per heavy atom. The zero-order chi connectivity index (χ0) is 32.7. The van der Waals surface area contributed by atoms with E-state index in [0.717, 1.165) is 0 Å². The zero-order valence-electron chi connectivity index (χ0n) is 27.7. The van der Waals surface area contributed by atoms with Crippen LogP contribution in [0.15, 0.2) is 170 Å². The minimum absolute atomic E-state index is 0.0276. The molecule has 1 aliphatic rings. The van der Waals surface area contributed by atoms with Crippen LogP contribution in [0.3, 0.4) is 0 Å². The molecule has 9 aromatic carbocycles. The fourth-order valence-corrected chi connectivity index (χ4v) is 8.72. The van der Waals surface area contributed by atoms with Crippen molar-refractivity contribution in [1.29, 1.82) is 0 Å². The molecule has 0 amide bonds. The van der Waals surface area contributed by atoms with Gasteiger partial charge in [-0.25, -0.2) is 0 Å². The summed E-state index contributed by atoms with van der Waals surface area (Å²) in [6.07, 6.45) is 0. The Labute approximate surface area is 286 Å². The van der Waals surface area contributed by atoms with Crippen LogP contribution in [0.4, 0.5) is 0 Å². The van der Waals surface area contributed by atoms with Crippen molar-refractivity contribution in [2.24, 2.45) is 0 Å². The summed E-state index contributed by atoms with van der Waals surface area (Å²) in [6.45, 7) is 4.73. The summed E-state index contributed by atoms with van der Waals surface area (Å²) in [5.41, 5.74) is 13.2. The first-order chi connectivity index (χ1) is 24.1. The molecule has 1 aliphatic carbocycles. The molecular formula is C49H34. The first kappa shape index (κ1) is 28.1. The molecule has 0 fully saturated rings. The van der Waals surface area contributed by atoms with Gasteiger partial charge in [0.15, 0.2) is 0 Å². The van der Waals surface area contributed by atoms with Crippen molar-refractivity contribution in [2.45, 2.75) is 19.3 Å². The van der Waals surface area contributed by atoms with Crippen molar-refractivity contribution < 1.29 is 0 Å². The van der Waals surface area contributed by atoms with E-state index in [1.807, 2.05) is 0 Å². The van der Waals surface area contributed by atoms with Crippen molar-refractivity contribution >= 4 is 43.1 Å². The molecule has 0 nitrogen and oxygen atoms in total. The van der Waals surface area contributed by atoms with Crippen molar-refractivity contribution in [1.82, 2.24) is 0 Å². The van der Waals surface area contributed by atoms with Gasteiger partial charge in [0.2, 0.25) is 0 Å². The Morgan fingerprint density at radius 1 is 0.306 bits per heavy atom. The maximum absolute atomic E-state index is 2.39. The normalized spacial score (nSPS) is 13.3. The van der Waals surface area contributed by atoms with Gasteiger partial charge in [0, 0.05) is 5.41 Å². The van der Waals surface area contributed by atoms with Gasteiger partial charge in [0.1, 0.15) is 0 Å². The Kier molecular flexibility index (Phi) is 6.02. The number of fused-ring (bicyclic) bond motifs is 8.